The lowest BCUT2D eigenvalue weighted by molar-refractivity contribution is 0.112. The van der Waals surface area contributed by atoms with Gasteiger partial charge < -0.3 is 0 Å². The van der Waals surface area contributed by atoms with E-state index in [-0.39, 0.29) is 0 Å². The first-order valence-electron chi connectivity index (χ1n) is 3.68. The van der Waals surface area contributed by atoms with Gasteiger partial charge in [-0.05, 0) is 25.0 Å². The number of hydrogen-bond acceptors (Lipinski definition) is 2. The fourth-order valence-electron chi connectivity index (χ4n) is 1.02. The van der Waals surface area contributed by atoms with Crippen LogP contribution < -0.4 is 0 Å². The molecule has 2 heteroatoms. The molecule has 0 bridgehead atoms. The van der Waals surface area contributed by atoms with Crippen LogP contribution in [0.5, 0.6) is 0 Å². The predicted octanol–water partition coefficient (Wildman–Crippen LogP) is 1.76. The maximum atomic E-state index is 10.5. The van der Waals surface area contributed by atoms with Crippen molar-refractivity contribution in [3.8, 4) is 0 Å². The molecule has 58 valence electrons. The first-order chi connectivity index (χ1) is 5.27. The Morgan fingerprint density at radius 1 is 1.64 bits per heavy atom. The second-order valence-electron chi connectivity index (χ2n) is 2.52. The molecule has 2 nitrogen and oxygen atoms in total. The normalized spacial score (nSPS) is 9.64. The molecule has 1 heterocycles. The highest BCUT2D eigenvalue weighted by Crippen LogP contribution is 2.05. The van der Waals surface area contributed by atoms with Crippen molar-refractivity contribution in [2.24, 2.45) is 0 Å². The Morgan fingerprint density at radius 2 is 2.36 bits per heavy atom. The Kier molecular flexibility index (Phi) is 2.36. The summed E-state index contributed by atoms with van der Waals surface area (Å²) >= 11 is 0. The first kappa shape index (κ1) is 7.92. The zero-order chi connectivity index (χ0) is 8.27. The van der Waals surface area contributed by atoms with Crippen LogP contribution in [0.4, 0.5) is 0 Å². The van der Waals surface area contributed by atoms with E-state index < -0.39 is 0 Å². The quantitative estimate of drug-likeness (QED) is 0.600. The number of aldehydes is 1. The molecule has 0 radical (unpaired) electrons. The Balaban J connectivity index is 3.16. The third-order valence-electron chi connectivity index (χ3n) is 1.60. The molecule has 0 aliphatic rings. The van der Waals surface area contributed by atoms with E-state index in [1.54, 1.807) is 6.20 Å². The zero-order valence-corrected chi connectivity index (χ0v) is 6.79. The highest BCUT2D eigenvalue weighted by atomic mass is 16.1. The second-order valence-corrected chi connectivity index (χ2v) is 2.52. The minimum absolute atomic E-state index is 0.715. The fraction of sp³-hybridized carbons (Fsp3) is 0.333. The van der Waals surface area contributed by atoms with Crippen molar-refractivity contribution in [1.82, 2.24) is 4.98 Å². The summed E-state index contributed by atoms with van der Waals surface area (Å²) in [4.78, 5) is 14.6. The third-order valence-corrected chi connectivity index (χ3v) is 1.60. The van der Waals surface area contributed by atoms with Crippen molar-refractivity contribution >= 4 is 6.29 Å². The molecule has 0 fully saturated rings. The monoisotopic (exact) mass is 149 g/mol. The lowest BCUT2D eigenvalue weighted by Gasteiger charge is -1.99. The van der Waals surface area contributed by atoms with E-state index in [4.69, 9.17) is 0 Å². The highest BCUT2D eigenvalue weighted by Gasteiger charge is 1.99. The van der Waals surface area contributed by atoms with E-state index in [9.17, 15) is 4.79 Å². The van der Waals surface area contributed by atoms with Crippen LogP contribution in [0, 0.1) is 6.92 Å². The van der Waals surface area contributed by atoms with Crippen LogP contribution in [0.15, 0.2) is 12.3 Å². The standard InChI is InChI=1S/C9H11NO/c1-3-9-8(6-11)4-7(2)5-10-9/h4-6H,3H2,1-2H3. The molecular formula is C9H11NO. The molecule has 0 aliphatic heterocycles. The van der Waals surface area contributed by atoms with Gasteiger partial charge in [0.25, 0.3) is 0 Å². The number of rotatable bonds is 2. The number of nitrogens with zero attached hydrogens (tertiary/aromatic N) is 1. The van der Waals surface area contributed by atoms with Gasteiger partial charge in [-0.3, -0.25) is 9.78 Å². The van der Waals surface area contributed by atoms with E-state index in [2.05, 4.69) is 4.98 Å². The molecule has 0 N–H and O–H groups in total. The SMILES string of the molecule is CCc1ncc(C)cc1C=O. The van der Waals surface area contributed by atoms with Crippen molar-refractivity contribution in [3.63, 3.8) is 0 Å². The number of carbonyl (C=O) groups is 1. The van der Waals surface area contributed by atoms with Crippen molar-refractivity contribution in [1.29, 1.82) is 0 Å². The molecule has 11 heavy (non-hydrogen) atoms. The number of aromatic nitrogens is 1. The number of aryl methyl sites for hydroxylation is 2. The van der Waals surface area contributed by atoms with Gasteiger partial charge >= 0.3 is 0 Å². The van der Waals surface area contributed by atoms with Crippen molar-refractivity contribution in [3.05, 3.63) is 29.1 Å². The average molecular weight is 149 g/mol. The Hall–Kier alpha value is -1.18. The van der Waals surface area contributed by atoms with Crippen molar-refractivity contribution in [2.75, 3.05) is 0 Å². The summed E-state index contributed by atoms with van der Waals surface area (Å²) in [6, 6.07) is 1.86. The van der Waals surface area contributed by atoms with Gasteiger partial charge in [0.1, 0.15) is 0 Å². The van der Waals surface area contributed by atoms with Crippen molar-refractivity contribution in [2.45, 2.75) is 20.3 Å². The smallest absolute Gasteiger partial charge is 0.151 e. The summed E-state index contributed by atoms with van der Waals surface area (Å²) in [5, 5.41) is 0. The lowest BCUT2D eigenvalue weighted by atomic mass is 10.1. The zero-order valence-electron chi connectivity index (χ0n) is 6.79. The predicted molar refractivity (Wildman–Crippen MR) is 43.7 cm³/mol. The van der Waals surface area contributed by atoms with Gasteiger partial charge in [-0.15, -0.1) is 0 Å². The molecule has 0 aliphatic carbocycles. The average Bonchev–Trinajstić information content (AvgIpc) is 2.04. The van der Waals surface area contributed by atoms with Crippen LogP contribution in [-0.4, -0.2) is 11.3 Å². The Bertz CT molecular complexity index is 268. The summed E-state index contributed by atoms with van der Waals surface area (Å²) in [5.74, 6) is 0. The van der Waals surface area contributed by atoms with Gasteiger partial charge in [-0.1, -0.05) is 6.92 Å². The molecular weight excluding hydrogens is 138 g/mol. The fourth-order valence-corrected chi connectivity index (χ4v) is 1.02. The summed E-state index contributed by atoms with van der Waals surface area (Å²) < 4.78 is 0. The summed E-state index contributed by atoms with van der Waals surface area (Å²) in [5.41, 5.74) is 2.63. The highest BCUT2D eigenvalue weighted by molar-refractivity contribution is 5.76. The lowest BCUT2D eigenvalue weighted by Crippen LogP contribution is -1.95. The van der Waals surface area contributed by atoms with E-state index in [0.717, 1.165) is 24.0 Å². The number of pyridine rings is 1. The molecule has 1 aromatic heterocycles. The van der Waals surface area contributed by atoms with Crippen LogP contribution in [0.25, 0.3) is 0 Å². The molecule has 0 saturated heterocycles. The van der Waals surface area contributed by atoms with E-state index in [1.807, 2.05) is 19.9 Å². The molecule has 0 saturated carbocycles. The van der Waals surface area contributed by atoms with E-state index >= 15 is 0 Å². The largest absolute Gasteiger partial charge is 0.298 e. The summed E-state index contributed by atoms with van der Waals surface area (Å²) in [6.07, 6.45) is 3.46. The van der Waals surface area contributed by atoms with Crippen LogP contribution >= 0.6 is 0 Å². The van der Waals surface area contributed by atoms with Crippen LogP contribution in [0.2, 0.25) is 0 Å². The van der Waals surface area contributed by atoms with E-state index in [1.165, 1.54) is 0 Å². The van der Waals surface area contributed by atoms with Crippen LogP contribution in [0.3, 0.4) is 0 Å². The number of hydrogen-bond donors (Lipinski definition) is 0. The summed E-state index contributed by atoms with van der Waals surface area (Å²) in [7, 11) is 0. The van der Waals surface area contributed by atoms with E-state index in [0.29, 0.717) is 5.56 Å². The van der Waals surface area contributed by atoms with Gasteiger partial charge in [-0.2, -0.15) is 0 Å². The van der Waals surface area contributed by atoms with Crippen molar-refractivity contribution < 1.29 is 4.79 Å². The van der Waals surface area contributed by atoms with Gasteiger partial charge in [0.15, 0.2) is 6.29 Å². The molecule has 1 aromatic rings. The summed E-state index contributed by atoms with van der Waals surface area (Å²) in [6.45, 7) is 3.92. The minimum atomic E-state index is 0.715. The maximum absolute atomic E-state index is 10.5. The second kappa shape index (κ2) is 3.28. The van der Waals surface area contributed by atoms with Gasteiger partial charge in [0.05, 0.1) is 5.69 Å². The topological polar surface area (TPSA) is 30.0 Å². The van der Waals surface area contributed by atoms with Crippen LogP contribution in [0.1, 0.15) is 28.5 Å². The minimum Gasteiger partial charge on any atom is -0.298 e. The molecule has 0 atom stereocenters. The van der Waals surface area contributed by atoms with Crippen LogP contribution in [-0.2, 0) is 6.42 Å². The molecule has 0 unspecified atom stereocenters. The first-order valence-corrected chi connectivity index (χ1v) is 3.68. The van der Waals surface area contributed by atoms with Gasteiger partial charge in [0, 0.05) is 11.8 Å². The molecule has 0 aromatic carbocycles. The Labute approximate surface area is 66.3 Å². The maximum Gasteiger partial charge on any atom is 0.151 e. The molecule has 0 amide bonds. The molecule has 1 rings (SSSR count). The van der Waals surface area contributed by atoms with Gasteiger partial charge in [0.2, 0.25) is 0 Å². The third kappa shape index (κ3) is 1.64. The Morgan fingerprint density at radius 3 is 2.91 bits per heavy atom. The molecule has 0 spiro atoms. The van der Waals surface area contributed by atoms with Gasteiger partial charge in [-0.25, -0.2) is 0 Å². The number of carbonyl (C=O) groups excluding carboxylic acids is 1.